The van der Waals surface area contributed by atoms with Gasteiger partial charge in [-0.25, -0.2) is 0 Å². The van der Waals surface area contributed by atoms with Gasteiger partial charge < -0.3 is 20.4 Å². The largest absolute Gasteiger partial charge is 0.507 e. The zero-order valence-corrected chi connectivity index (χ0v) is 12.0. The Morgan fingerprint density at radius 1 is 1.40 bits per heavy atom. The number of amides is 1. The van der Waals surface area contributed by atoms with Crippen molar-refractivity contribution in [1.82, 2.24) is 5.32 Å². The van der Waals surface area contributed by atoms with Gasteiger partial charge in [-0.1, -0.05) is 6.07 Å². The van der Waals surface area contributed by atoms with Crippen molar-refractivity contribution in [3.63, 3.8) is 0 Å². The number of piperidine rings is 1. The summed E-state index contributed by atoms with van der Waals surface area (Å²) in [6.07, 6.45) is 1.13. The molecule has 1 aliphatic rings. The molecule has 5 nitrogen and oxygen atoms in total. The molecule has 1 amide bonds. The highest BCUT2D eigenvalue weighted by Crippen LogP contribution is 2.30. The summed E-state index contributed by atoms with van der Waals surface area (Å²) in [5.74, 6) is 0.142. The first-order chi connectivity index (χ1) is 9.47. The number of hydrogen-bond donors (Lipinski definition) is 3. The Morgan fingerprint density at radius 2 is 2.05 bits per heavy atom. The van der Waals surface area contributed by atoms with Gasteiger partial charge in [-0.15, -0.1) is 0 Å². The number of aliphatic hydroxyl groups excluding tert-OH is 1. The molecule has 2 rings (SSSR count). The van der Waals surface area contributed by atoms with Gasteiger partial charge in [-0.05, 0) is 25.8 Å². The first-order valence-corrected chi connectivity index (χ1v) is 7.00. The maximum Gasteiger partial charge on any atom is 0.217 e. The molecule has 1 aromatic carbocycles. The molecule has 1 aliphatic heterocycles. The second kappa shape index (κ2) is 6.13. The highest BCUT2D eigenvalue weighted by atomic mass is 16.3. The molecular weight excluding hydrogens is 256 g/mol. The molecule has 0 spiro atoms. The van der Waals surface area contributed by atoms with E-state index < -0.39 is 6.10 Å². The van der Waals surface area contributed by atoms with E-state index in [1.807, 2.05) is 6.07 Å². The van der Waals surface area contributed by atoms with Crippen LogP contribution in [0.25, 0.3) is 0 Å². The first-order valence-electron chi connectivity index (χ1n) is 7.00. The molecule has 0 aliphatic carbocycles. The van der Waals surface area contributed by atoms with E-state index >= 15 is 0 Å². The van der Waals surface area contributed by atoms with Crippen molar-refractivity contribution in [2.24, 2.45) is 0 Å². The molecule has 110 valence electrons. The van der Waals surface area contributed by atoms with Crippen molar-refractivity contribution in [3.8, 4) is 5.75 Å². The molecule has 0 aromatic heterocycles. The predicted molar refractivity (Wildman–Crippen MR) is 77.8 cm³/mol. The van der Waals surface area contributed by atoms with Crippen molar-refractivity contribution >= 4 is 11.6 Å². The summed E-state index contributed by atoms with van der Waals surface area (Å²) in [4.78, 5) is 13.2. The molecule has 20 heavy (non-hydrogen) atoms. The number of carbonyl (C=O) groups excluding carboxylic acids is 1. The van der Waals surface area contributed by atoms with Crippen molar-refractivity contribution in [1.29, 1.82) is 0 Å². The van der Waals surface area contributed by atoms with E-state index in [1.165, 1.54) is 0 Å². The lowest BCUT2D eigenvalue weighted by Gasteiger charge is -2.34. The Hall–Kier alpha value is -1.75. The Labute approximate surface area is 119 Å². The van der Waals surface area contributed by atoms with E-state index in [9.17, 15) is 15.0 Å². The number of benzene rings is 1. The molecule has 1 heterocycles. The van der Waals surface area contributed by atoms with Crippen LogP contribution in [0.1, 0.15) is 38.4 Å². The number of nitrogens with one attached hydrogen (secondary N) is 1. The third-order valence-electron chi connectivity index (χ3n) is 3.73. The van der Waals surface area contributed by atoms with Crippen LogP contribution in [-0.2, 0) is 4.79 Å². The van der Waals surface area contributed by atoms with Crippen LogP contribution in [0.15, 0.2) is 18.2 Å². The van der Waals surface area contributed by atoms with Gasteiger partial charge in [0.1, 0.15) is 5.75 Å². The SMILES string of the molecule is CC(=O)NC1CCN(c2ccc(C(C)O)c(O)c2)CC1. The summed E-state index contributed by atoms with van der Waals surface area (Å²) in [5, 5.41) is 22.4. The van der Waals surface area contributed by atoms with Gasteiger partial charge in [0.15, 0.2) is 0 Å². The maximum atomic E-state index is 11.0. The van der Waals surface area contributed by atoms with Gasteiger partial charge in [0.2, 0.25) is 5.91 Å². The van der Waals surface area contributed by atoms with Crippen molar-refractivity contribution < 1.29 is 15.0 Å². The number of carbonyl (C=O) groups is 1. The smallest absolute Gasteiger partial charge is 0.217 e. The molecule has 1 atom stereocenters. The summed E-state index contributed by atoms with van der Waals surface area (Å²) < 4.78 is 0. The predicted octanol–water partition coefficient (Wildman–Crippen LogP) is 1.55. The van der Waals surface area contributed by atoms with Crippen LogP contribution in [0, 0.1) is 0 Å². The number of phenolic OH excluding ortho intramolecular Hbond substituents is 1. The fourth-order valence-corrected chi connectivity index (χ4v) is 2.65. The number of hydrogen-bond acceptors (Lipinski definition) is 4. The Morgan fingerprint density at radius 3 is 2.55 bits per heavy atom. The average Bonchev–Trinajstić information content (AvgIpc) is 2.38. The van der Waals surface area contributed by atoms with Gasteiger partial charge in [-0.2, -0.15) is 0 Å². The summed E-state index contributed by atoms with van der Waals surface area (Å²) in [5.41, 5.74) is 1.50. The Kier molecular flexibility index (Phi) is 4.49. The first kappa shape index (κ1) is 14.7. The Balaban J connectivity index is 2.00. The number of anilines is 1. The molecule has 1 fully saturated rings. The van der Waals surface area contributed by atoms with E-state index in [0.717, 1.165) is 31.6 Å². The van der Waals surface area contributed by atoms with Crippen LogP contribution in [0.5, 0.6) is 5.75 Å². The van der Waals surface area contributed by atoms with Gasteiger partial charge in [0.05, 0.1) is 6.10 Å². The quantitative estimate of drug-likeness (QED) is 0.784. The minimum atomic E-state index is -0.672. The molecule has 1 unspecified atom stereocenters. The standard InChI is InChI=1S/C15H22N2O3/c1-10(18)14-4-3-13(9-15(14)20)17-7-5-12(6-8-17)16-11(2)19/h3-4,9-10,12,18,20H,5-8H2,1-2H3,(H,16,19). The molecule has 1 saturated heterocycles. The summed E-state index contributed by atoms with van der Waals surface area (Å²) in [7, 11) is 0. The normalized spacial score (nSPS) is 17.9. The van der Waals surface area contributed by atoms with Gasteiger partial charge >= 0.3 is 0 Å². The number of rotatable bonds is 3. The fourth-order valence-electron chi connectivity index (χ4n) is 2.65. The van der Waals surface area contributed by atoms with Crippen molar-refractivity contribution in [2.75, 3.05) is 18.0 Å². The molecule has 3 N–H and O–H groups in total. The lowest BCUT2D eigenvalue weighted by molar-refractivity contribution is -0.119. The molecule has 1 aromatic rings. The highest BCUT2D eigenvalue weighted by molar-refractivity contribution is 5.73. The monoisotopic (exact) mass is 278 g/mol. The van der Waals surface area contributed by atoms with Crippen molar-refractivity contribution in [3.05, 3.63) is 23.8 Å². The highest BCUT2D eigenvalue weighted by Gasteiger charge is 2.20. The molecular formula is C15H22N2O3. The maximum absolute atomic E-state index is 11.0. The molecule has 0 bridgehead atoms. The van der Waals surface area contributed by atoms with E-state index in [4.69, 9.17) is 0 Å². The fraction of sp³-hybridized carbons (Fsp3) is 0.533. The molecule has 0 saturated carbocycles. The third-order valence-corrected chi connectivity index (χ3v) is 3.73. The minimum absolute atomic E-state index is 0.0161. The summed E-state index contributed by atoms with van der Waals surface area (Å²) in [6, 6.07) is 5.62. The Bertz CT molecular complexity index is 480. The van der Waals surface area contributed by atoms with Crippen LogP contribution >= 0.6 is 0 Å². The number of phenols is 1. The summed E-state index contributed by atoms with van der Waals surface area (Å²) >= 11 is 0. The van der Waals surface area contributed by atoms with Crippen LogP contribution in [-0.4, -0.2) is 35.3 Å². The molecule has 0 radical (unpaired) electrons. The third kappa shape index (κ3) is 3.42. The molecule has 5 heteroatoms. The number of aromatic hydroxyl groups is 1. The van der Waals surface area contributed by atoms with E-state index in [-0.39, 0.29) is 17.7 Å². The van der Waals surface area contributed by atoms with Crippen LogP contribution in [0.4, 0.5) is 5.69 Å². The average molecular weight is 278 g/mol. The summed E-state index contributed by atoms with van der Waals surface area (Å²) in [6.45, 7) is 4.86. The zero-order valence-electron chi connectivity index (χ0n) is 12.0. The number of nitrogens with zero attached hydrogens (tertiary/aromatic N) is 1. The number of aliphatic hydroxyl groups is 1. The lowest BCUT2D eigenvalue weighted by atomic mass is 10.0. The topological polar surface area (TPSA) is 72.8 Å². The second-order valence-corrected chi connectivity index (χ2v) is 5.38. The van der Waals surface area contributed by atoms with Crippen molar-refractivity contribution in [2.45, 2.75) is 38.8 Å². The van der Waals surface area contributed by atoms with Gasteiger partial charge in [-0.3, -0.25) is 4.79 Å². The van der Waals surface area contributed by atoms with Gasteiger partial charge in [0, 0.05) is 43.4 Å². The van der Waals surface area contributed by atoms with E-state index in [0.29, 0.717) is 5.56 Å². The zero-order chi connectivity index (χ0) is 14.7. The lowest BCUT2D eigenvalue weighted by Crippen LogP contribution is -2.44. The van der Waals surface area contributed by atoms with Crippen LogP contribution in [0.3, 0.4) is 0 Å². The minimum Gasteiger partial charge on any atom is -0.507 e. The van der Waals surface area contributed by atoms with Gasteiger partial charge in [0.25, 0.3) is 0 Å². The second-order valence-electron chi connectivity index (χ2n) is 5.38. The van der Waals surface area contributed by atoms with Crippen LogP contribution in [0.2, 0.25) is 0 Å². The van der Waals surface area contributed by atoms with Crippen LogP contribution < -0.4 is 10.2 Å². The van der Waals surface area contributed by atoms with E-state index in [2.05, 4.69) is 10.2 Å². The van der Waals surface area contributed by atoms with E-state index in [1.54, 1.807) is 26.0 Å².